The lowest BCUT2D eigenvalue weighted by Crippen LogP contribution is -2.60. The molecule has 1 saturated heterocycles. The number of amides is 1. The molecule has 0 spiro atoms. The third-order valence-corrected chi connectivity index (χ3v) is 4.63. The molecule has 0 aliphatic carbocycles. The van der Waals surface area contributed by atoms with Gasteiger partial charge in [-0.3, -0.25) is 4.79 Å². The largest absolute Gasteiger partial charge is 0.351 e. The molecule has 0 atom stereocenters. The molecule has 1 aromatic carbocycles. The molecular formula is C17H16F2N6O. The van der Waals surface area contributed by atoms with Gasteiger partial charge < -0.3 is 9.80 Å². The van der Waals surface area contributed by atoms with Gasteiger partial charge in [0.15, 0.2) is 5.65 Å². The number of carbonyl (C=O) groups is 1. The summed E-state index contributed by atoms with van der Waals surface area (Å²) in [5.74, 6) is -0.783. The predicted molar refractivity (Wildman–Crippen MR) is 89.6 cm³/mol. The van der Waals surface area contributed by atoms with Gasteiger partial charge in [0.2, 0.25) is 5.91 Å². The van der Waals surface area contributed by atoms with Gasteiger partial charge in [0.1, 0.15) is 23.8 Å². The first-order valence-corrected chi connectivity index (χ1v) is 8.13. The van der Waals surface area contributed by atoms with E-state index in [0.29, 0.717) is 18.7 Å². The predicted octanol–water partition coefficient (Wildman–Crippen LogP) is 1.29. The third-order valence-electron chi connectivity index (χ3n) is 4.63. The van der Waals surface area contributed by atoms with Crippen molar-refractivity contribution in [2.24, 2.45) is 0 Å². The number of fused-ring (bicyclic) bond motifs is 1. The van der Waals surface area contributed by atoms with E-state index in [1.165, 1.54) is 12.4 Å². The maximum Gasteiger partial charge on any atom is 0.227 e. The Kier molecular flexibility index (Phi) is 3.98. The molecule has 1 aliphatic heterocycles. The fourth-order valence-electron chi connectivity index (χ4n) is 2.93. The van der Waals surface area contributed by atoms with Crippen molar-refractivity contribution in [2.45, 2.75) is 12.5 Å². The van der Waals surface area contributed by atoms with E-state index in [0.717, 1.165) is 18.0 Å². The van der Waals surface area contributed by atoms with Crippen molar-refractivity contribution >= 4 is 17.4 Å². The molecule has 1 aliphatic rings. The van der Waals surface area contributed by atoms with E-state index in [2.05, 4.69) is 15.3 Å². The molecular weight excluding hydrogens is 342 g/mol. The molecule has 1 fully saturated rings. The van der Waals surface area contributed by atoms with Crippen molar-refractivity contribution in [3.05, 3.63) is 53.9 Å². The minimum absolute atomic E-state index is 0.0180. The van der Waals surface area contributed by atoms with E-state index in [1.807, 2.05) is 17.0 Å². The van der Waals surface area contributed by atoms with E-state index in [9.17, 15) is 13.6 Å². The normalized spacial score (nSPS) is 14.5. The Balaban J connectivity index is 1.37. The molecule has 1 amide bonds. The number of hydrogen-bond acceptors (Lipinski definition) is 5. The summed E-state index contributed by atoms with van der Waals surface area (Å²) in [6, 6.07) is 6.96. The SMILES string of the molecule is CN(C(=O)Cc1ccc(F)cc1F)C1CN(c2ccc3nncn3n2)C1. The smallest absolute Gasteiger partial charge is 0.227 e. The molecule has 3 heterocycles. The highest BCUT2D eigenvalue weighted by Gasteiger charge is 2.33. The summed E-state index contributed by atoms with van der Waals surface area (Å²) < 4.78 is 28.3. The monoisotopic (exact) mass is 358 g/mol. The first-order chi connectivity index (χ1) is 12.5. The Bertz CT molecular complexity index is 969. The standard InChI is InChI=1S/C17H16F2N6O/c1-23(17(26)6-11-2-3-12(18)7-14(11)19)13-8-24(9-13)16-5-4-15-21-20-10-25(15)22-16/h2-5,7,10,13H,6,8-9H2,1H3. The van der Waals surface area contributed by atoms with Crippen LogP contribution in [0.4, 0.5) is 14.6 Å². The van der Waals surface area contributed by atoms with Crippen LogP contribution in [0.1, 0.15) is 5.56 Å². The third kappa shape index (κ3) is 2.96. The number of halogens is 2. The van der Waals surface area contributed by atoms with Gasteiger partial charge in [0, 0.05) is 26.2 Å². The second kappa shape index (κ2) is 6.32. The molecule has 0 unspecified atom stereocenters. The maximum absolute atomic E-state index is 13.7. The van der Waals surface area contributed by atoms with Gasteiger partial charge in [-0.2, -0.15) is 4.52 Å². The van der Waals surface area contributed by atoms with Crippen LogP contribution >= 0.6 is 0 Å². The number of benzene rings is 1. The number of likely N-dealkylation sites (N-methyl/N-ethyl adjacent to an activating group) is 1. The van der Waals surface area contributed by atoms with Crippen LogP contribution in [-0.4, -0.2) is 56.8 Å². The Labute approximate surface area is 147 Å². The van der Waals surface area contributed by atoms with Crippen molar-refractivity contribution in [1.82, 2.24) is 24.7 Å². The van der Waals surface area contributed by atoms with Gasteiger partial charge in [-0.1, -0.05) is 6.07 Å². The Hall–Kier alpha value is -3.10. The van der Waals surface area contributed by atoms with Crippen LogP contribution in [0.3, 0.4) is 0 Å². The summed E-state index contributed by atoms with van der Waals surface area (Å²) in [5.41, 5.74) is 0.860. The van der Waals surface area contributed by atoms with Crippen molar-refractivity contribution < 1.29 is 13.6 Å². The lowest BCUT2D eigenvalue weighted by molar-refractivity contribution is -0.131. The highest BCUT2D eigenvalue weighted by atomic mass is 19.1. The zero-order valence-electron chi connectivity index (χ0n) is 14.0. The van der Waals surface area contributed by atoms with Gasteiger partial charge in [-0.05, 0) is 23.8 Å². The van der Waals surface area contributed by atoms with E-state index in [4.69, 9.17) is 0 Å². The van der Waals surface area contributed by atoms with E-state index in [-0.39, 0.29) is 23.9 Å². The minimum Gasteiger partial charge on any atom is -0.351 e. The van der Waals surface area contributed by atoms with Crippen LogP contribution in [0, 0.1) is 11.6 Å². The summed E-state index contributed by atoms with van der Waals surface area (Å²) in [5, 5.41) is 12.1. The molecule has 3 aromatic rings. The van der Waals surface area contributed by atoms with Gasteiger partial charge in [0.25, 0.3) is 0 Å². The fourth-order valence-corrected chi connectivity index (χ4v) is 2.93. The molecule has 4 rings (SSSR count). The minimum atomic E-state index is -0.701. The number of carbonyl (C=O) groups excluding carboxylic acids is 1. The molecule has 0 bridgehead atoms. The number of rotatable bonds is 4. The van der Waals surface area contributed by atoms with Crippen LogP contribution in [0.5, 0.6) is 0 Å². The Morgan fingerprint density at radius 2 is 2.08 bits per heavy atom. The van der Waals surface area contributed by atoms with Crippen LogP contribution in [-0.2, 0) is 11.2 Å². The topological polar surface area (TPSA) is 66.6 Å². The number of hydrogen-bond donors (Lipinski definition) is 0. The average Bonchev–Trinajstić information content (AvgIpc) is 3.03. The first kappa shape index (κ1) is 16.4. The Morgan fingerprint density at radius 1 is 1.27 bits per heavy atom. The molecule has 9 heteroatoms. The van der Waals surface area contributed by atoms with Crippen molar-refractivity contribution in [3.8, 4) is 0 Å². The molecule has 2 aromatic heterocycles. The first-order valence-electron chi connectivity index (χ1n) is 8.13. The van der Waals surface area contributed by atoms with E-state index in [1.54, 1.807) is 16.5 Å². The van der Waals surface area contributed by atoms with Crippen molar-refractivity contribution in [1.29, 1.82) is 0 Å². The highest BCUT2D eigenvalue weighted by Crippen LogP contribution is 2.22. The fraction of sp³-hybridized carbons (Fsp3) is 0.294. The average molecular weight is 358 g/mol. The summed E-state index contributed by atoms with van der Waals surface area (Å²) >= 11 is 0. The summed E-state index contributed by atoms with van der Waals surface area (Å²) in [6.45, 7) is 1.27. The zero-order valence-corrected chi connectivity index (χ0v) is 14.0. The van der Waals surface area contributed by atoms with Crippen LogP contribution in [0.15, 0.2) is 36.7 Å². The van der Waals surface area contributed by atoms with E-state index >= 15 is 0 Å². The van der Waals surface area contributed by atoms with Crippen molar-refractivity contribution in [3.63, 3.8) is 0 Å². The quantitative estimate of drug-likeness (QED) is 0.703. The maximum atomic E-state index is 13.7. The summed E-state index contributed by atoms with van der Waals surface area (Å²) in [4.78, 5) is 16.0. The molecule has 0 N–H and O–H groups in total. The number of anilines is 1. The molecule has 134 valence electrons. The lowest BCUT2D eigenvalue weighted by atomic mass is 10.1. The second-order valence-corrected chi connectivity index (χ2v) is 6.30. The Morgan fingerprint density at radius 3 is 2.85 bits per heavy atom. The lowest BCUT2D eigenvalue weighted by Gasteiger charge is -2.44. The molecule has 7 nitrogen and oxygen atoms in total. The van der Waals surface area contributed by atoms with Gasteiger partial charge in [0.05, 0.1) is 12.5 Å². The van der Waals surface area contributed by atoms with Crippen molar-refractivity contribution in [2.75, 3.05) is 25.0 Å². The molecule has 0 saturated carbocycles. The van der Waals surface area contributed by atoms with Crippen LogP contribution in [0.2, 0.25) is 0 Å². The number of aromatic nitrogens is 4. The van der Waals surface area contributed by atoms with Crippen LogP contribution < -0.4 is 4.90 Å². The molecule has 0 radical (unpaired) electrons. The molecule has 26 heavy (non-hydrogen) atoms. The summed E-state index contributed by atoms with van der Waals surface area (Å²) in [7, 11) is 1.70. The number of nitrogens with zero attached hydrogens (tertiary/aromatic N) is 6. The van der Waals surface area contributed by atoms with Gasteiger partial charge >= 0.3 is 0 Å². The zero-order chi connectivity index (χ0) is 18.3. The highest BCUT2D eigenvalue weighted by molar-refractivity contribution is 5.79. The van der Waals surface area contributed by atoms with Gasteiger partial charge in [-0.15, -0.1) is 15.3 Å². The van der Waals surface area contributed by atoms with Crippen LogP contribution in [0.25, 0.3) is 5.65 Å². The van der Waals surface area contributed by atoms with Gasteiger partial charge in [-0.25, -0.2) is 8.78 Å². The summed E-state index contributed by atoms with van der Waals surface area (Å²) in [6.07, 6.45) is 1.44. The second-order valence-electron chi connectivity index (χ2n) is 6.30. The van der Waals surface area contributed by atoms with E-state index < -0.39 is 11.6 Å².